The molecular formula is C17H19ClN2O2S. The third-order valence-electron chi connectivity index (χ3n) is 4.89. The van der Waals surface area contributed by atoms with E-state index in [9.17, 15) is 4.79 Å². The topological polar surface area (TPSA) is 68.1 Å². The second kappa shape index (κ2) is 6.04. The minimum absolute atomic E-state index is 0.132. The van der Waals surface area contributed by atoms with E-state index in [1.807, 2.05) is 23.9 Å². The Morgan fingerprint density at radius 3 is 2.74 bits per heavy atom. The van der Waals surface area contributed by atoms with Crippen LogP contribution in [-0.4, -0.2) is 28.6 Å². The number of aromatic amines is 1. The van der Waals surface area contributed by atoms with Crippen molar-refractivity contribution in [2.24, 2.45) is 17.6 Å². The van der Waals surface area contributed by atoms with Crippen molar-refractivity contribution in [2.75, 3.05) is 11.5 Å². The van der Waals surface area contributed by atoms with Crippen LogP contribution in [0, 0.1) is 11.8 Å². The molecule has 0 amide bonds. The molecule has 2 heterocycles. The minimum Gasteiger partial charge on any atom is -0.488 e. The lowest BCUT2D eigenvalue weighted by molar-refractivity contribution is 0.0469. The number of benzene rings is 1. The number of hydrogen-bond donors (Lipinski definition) is 2. The van der Waals surface area contributed by atoms with Gasteiger partial charge in [-0.3, -0.25) is 4.79 Å². The van der Waals surface area contributed by atoms with Crippen LogP contribution in [-0.2, 0) is 0 Å². The first-order valence-corrected chi connectivity index (χ1v) is 9.46. The molecular weight excluding hydrogens is 332 g/mol. The fraction of sp³-hybridized carbons (Fsp3) is 0.471. The molecule has 1 saturated heterocycles. The van der Waals surface area contributed by atoms with Gasteiger partial charge in [0.25, 0.3) is 5.56 Å². The Balaban J connectivity index is 1.67. The van der Waals surface area contributed by atoms with Crippen molar-refractivity contribution >= 4 is 34.1 Å². The summed E-state index contributed by atoms with van der Waals surface area (Å²) in [6.45, 7) is 0. The van der Waals surface area contributed by atoms with Gasteiger partial charge in [0.05, 0.1) is 5.02 Å². The predicted molar refractivity (Wildman–Crippen MR) is 95.5 cm³/mol. The molecule has 3 N–H and O–H groups in total. The second-order valence-corrected chi connectivity index (χ2v) is 8.03. The van der Waals surface area contributed by atoms with Gasteiger partial charge in [0, 0.05) is 29.5 Å². The molecule has 1 unspecified atom stereocenters. The normalized spacial score (nSPS) is 30.3. The quantitative estimate of drug-likeness (QED) is 0.873. The summed E-state index contributed by atoms with van der Waals surface area (Å²) in [6.07, 6.45) is 3.85. The third-order valence-corrected chi connectivity index (χ3v) is 6.52. The minimum atomic E-state index is -0.132. The molecule has 2 bridgehead atoms. The lowest BCUT2D eigenvalue weighted by Crippen LogP contribution is -2.50. The standard InChI is InChI=1S/C17H19ClN2O2S/c18-14-6-13-9(1-2-20-17(13)21)5-15(14)22-16-10-3-12(19)4-11(16)8-23-7-10/h1-2,5-6,10-12,16H,3-4,7-8,19H2,(H,20,21)/t10-,11+,12-,16?. The van der Waals surface area contributed by atoms with E-state index in [2.05, 4.69) is 4.98 Å². The summed E-state index contributed by atoms with van der Waals surface area (Å²) < 4.78 is 6.34. The number of pyridine rings is 1. The zero-order valence-electron chi connectivity index (χ0n) is 12.6. The predicted octanol–water partition coefficient (Wildman–Crippen LogP) is 3.03. The highest BCUT2D eigenvalue weighted by Crippen LogP contribution is 2.41. The van der Waals surface area contributed by atoms with Gasteiger partial charge in [0.1, 0.15) is 11.9 Å². The van der Waals surface area contributed by atoms with Crippen LogP contribution in [0.4, 0.5) is 0 Å². The summed E-state index contributed by atoms with van der Waals surface area (Å²) in [6, 6.07) is 5.73. The maximum Gasteiger partial charge on any atom is 0.255 e. The maximum atomic E-state index is 11.9. The number of nitrogens with two attached hydrogens (primary N) is 1. The van der Waals surface area contributed by atoms with Crippen molar-refractivity contribution in [3.05, 3.63) is 39.8 Å². The number of fused-ring (bicyclic) bond motifs is 3. The van der Waals surface area contributed by atoms with Gasteiger partial charge in [0.2, 0.25) is 0 Å². The zero-order chi connectivity index (χ0) is 16.0. The van der Waals surface area contributed by atoms with Crippen molar-refractivity contribution in [3.63, 3.8) is 0 Å². The number of nitrogens with one attached hydrogen (secondary N) is 1. The molecule has 2 fully saturated rings. The van der Waals surface area contributed by atoms with Gasteiger partial charge < -0.3 is 15.5 Å². The fourth-order valence-corrected chi connectivity index (χ4v) is 5.44. The molecule has 6 heteroatoms. The van der Waals surface area contributed by atoms with Crippen LogP contribution in [0.1, 0.15) is 12.8 Å². The number of thioether (sulfide) groups is 1. The van der Waals surface area contributed by atoms with Crippen LogP contribution in [0.3, 0.4) is 0 Å². The average molecular weight is 351 g/mol. The molecule has 0 radical (unpaired) electrons. The van der Waals surface area contributed by atoms with Crippen LogP contribution in [0.25, 0.3) is 10.8 Å². The van der Waals surface area contributed by atoms with E-state index >= 15 is 0 Å². The van der Waals surface area contributed by atoms with E-state index in [0.717, 1.165) is 29.7 Å². The lowest BCUT2D eigenvalue weighted by atomic mass is 9.77. The molecule has 2 aliphatic rings. The van der Waals surface area contributed by atoms with Gasteiger partial charge in [-0.1, -0.05) is 11.6 Å². The van der Waals surface area contributed by atoms with E-state index < -0.39 is 0 Å². The van der Waals surface area contributed by atoms with Gasteiger partial charge in [-0.25, -0.2) is 0 Å². The first kappa shape index (κ1) is 15.4. The molecule has 0 spiro atoms. The van der Waals surface area contributed by atoms with Crippen molar-refractivity contribution in [1.82, 2.24) is 4.98 Å². The summed E-state index contributed by atoms with van der Waals surface area (Å²) in [7, 11) is 0. The Labute approximate surface area is 143 Å². The number of hydrogen-bond acceptors (Lipinski definition) is 4. The Morgan fingerprint density at radius 1 is 1.26 bits per heavy atom. The average Bonchev–Trinajstić information content (AvgIpc) is 2.50. The summed E-state index contributed by atoms with van der Waals surface area (Å²) in [4.78, 5) is 14.5. The summed E-state index contributed by atoms with van der Waals surface area (Å²) in [5.74, 6) is 3.83. The monoisotopic (exact) mass is 350 g/mol. The number of H-pyrrole nitrogens is 1. The highest BCUT2D eigenvalue weighted by molar-refractivity contribution is 7.99. The molecule has 1 aliphatic heterocycles. The van der Waals surface area contributed by atoms with Crippen LogP contribution < -0.4 is 16.0 Å². The van der Waals surface area contributed by atoms with E-state index in [-0.39, 0.29) is 17.7 Å². The molecule has 4 atom stereocenters. The first-order chi connectivity index (χ1) is 11.1. The number of rotatable bonds is 2. The molecule has 1 aromatic heterocycles. The number of halogens is 1. The van der Waals surface area contributed by atoms with E-state index in [1.165, 1.54) is 0 Å². The van der Waals surface area contributed by atoms with Gasteiger partial charge in [0.15, 0.2) is 0 Å². The largest absolute Gasteiger partial charge is 0.488 e. The molecule has 2 aromatic rings. The van der Waals surface area contributed by atoms with Crippen LogP contribution in [0.15, 0.2) is 29.2 Å². The molecule has 1 aromatic carbocycles. The SMILES string of the molecule is N[C@H]1C[C@H]2CSC[C@@H](C1)C2Oc1cc2cc[nH]c(=O)c2cc1Cl. The van der Waals surface area contributed by atoms with Crippen LogP contribution in [0.5, 0.6) is 5.75 Å². The van der Waals surface area contributed by atoms with Crippen LogP contribution >= 0.6 is 23.4 Å². The Bertz CT molecular complexity index is 780. The van der Waals surface area contributed by atoms with Gasteiger partial charge >= 0.3 is 0 Å². The van der Waals surface area contributed by atoms with Crippen molar-refractivity contribution in [2.45, 2.75) is 25.0 Å². The van der Waals surface area contributed by atoms with E-state index in [0.29, 0.717) is 28.0 Å². The van der Waals surface area contributed by atoms with Crippen molar-refractivity contribution in [3.8, 4) is 5.75 Å². The molecule has 4 rings (SSSR count). The van der Waals surface area contributed by atoms with Crippen molar-refractivity contribution in [1.29, 1.82) is 0 Å². The summed E-state index contributed by atoms with van der Waals surface area (Å²) in [5, 5.41) is 1.93. The fourth-order valence-electron chi connectivity index (χ4n) is 3.84. The lowest BCUT2D eigenvalue weighted by Gasteiger charge is -2.44. The van der Waals surface area contributed by atoms with Gasteiger partial charge in [-0.15, -0.1) is 0 Å². The van der Waals surface area contributed by atoms with Crippen molar-refractivity contribution < 1.29 is 4.74 Å². The summed E-state index contributed by atoms with van der Waals surface area (Å²) in [5.41, 5.74) is 6.04. The molecule has 122 valence electrons. The van der Waals surface area contributed by atoms with Crippen LogP contribution in [0.2, 0.25) is 5.02 Å². The molecule has 1 saturated carbocycles. The Morgan fingerprint density at radius 2 is 2.00 bits per heavy atom. The highest BCUT2D eigenvalue weighted by Gasteiger charge is 2.41. The maximum absolute atomic E-state index is 11.9. The number of aromatic nitrogens is 1. The molecule has 1 aliphatic carbocycles. The third kappa shape index (κ3) is 2.86. The summed E-state index contributed by atoms with van der Waals surface area (Å²) >= 11 is 8.37. The smallest absolute Gasteiger partial charge is 0.255 e. The van der Waals surface area contributed by atoms with Gasteiger partial charge in [-0.05, 0) is 47.9 Å². The highest BCUT2D eigenvalue weighted by atomic mass is 35.5. The molecule has 4 nitrogen and oxygen atoms in total. The number of ether oxygens (including phenoxy) is 1. The molecule has 23 heavy (non-hydrogen) atoms. The second-order valence-electron chi connectivity index (χ2n) is 6.55. The van der Waals surface area contributed by atoms with E-state index in [4.69, 9.17) is 22.1 Å². The Hall–Kier alpha value is -1.17. The Kier molecular flexibility index (Phi) is 4.03. The van der Waals surface area contributed by atoms with E-state index in [1.54, 1.807) is 12.3 Å². The van der Waals surface area contributed by atoms with Gasteiger partial charge in [-0.2, -0.15) is 11.8 Å². The zero-order valence-corrected chi connectivity index (χ0v) is 14.2. The first-order valence-electron chi connectivity index (χ1n) is 7.93.